The number of rotatable bonds is 4. The van der Waals surface area contributed by atoms with E-state index in [9.17, 15) is 17.2 Å². The lowest BCUT2D eigenvalue weighted by Crippen LogP contribution is -2.15. The Morgan fingerprint density at radius 2 is 1.86 bits per heavy atom. The third-order valence-electron chi connectivity index (χ3n) is 2.91. The molecule has 0 amide bonds. The maximum absolute atomic E-state index is 13.6. The molecule has 0 heterocycles. The number of halogens is 2. The molecular formula is C14H13F2NO3S. The van der Waals surface area contributed by atoms with Gasteiger partial charge in [0.25, 0.3) is 10.0 Å². The monoisotopic (exact) mass is 313 g/mol. The third kappa shape index (κ3) is 3.37. The van der Waals surface area contributed by atoms with Crippen molar-refractivity contribution in [2.24, 2.45) is 0 Å². The fourth-order valence-electron chi connectivity index (χ4n) is 1.77. The van der Waals surface area contributed by atoms with Crippen LogP contribution in [0.4, 0.5) is 14.5 Å². The lowest BCUT2D eigenvalue weighted by Gasteiger charge is -2.12. The number of sulfonamides is 1. The minimum absolute atomic E-state index is 0.227. The van der Waals surface area contributed by atoms with Crippen LogP contribution in [0.2, 0.25) is 0 Å². The van der Waals surface area contributed by atoms with E-state index in [1.165, 1.54) is 6.07 Å². The molecule has 0 unspecified atom stereocenters. The van der Waals surface area contributed by atoms with Crippen molar-refractivity contribution in [3.05, 3.63) is 59.2 Å². The van der Waals surface area contributed by atoms with E-state index < -0.39 is 26.6 Å². The number of hydrogen-bond donors (Lipinski definition) is 2. The van der Waals surface area contributed by atoms with Gasteiger partial charge in [0.05, 0.1) is 12.3 Å². The Hall–Kier alpha value is -1.99. The van der Waals surface area contributed by atoms with E-state index in [1.54, 1.807) is 19.1 Å². The fraction of sp³-hybridized carbons (Fsp3) is 0.143. The molecule has 4 nitrogen and oxygen atoms in total. The molecule has 2 aromatic rings. The van der Waals surface area contributed by atoms with Crippen molar-refractivity contribution in [1.29, 1.82) is 0 Å². The smallest absolute Gasteiger partial charge is 0.264 e. The Morgan fingerprint density at radius 3 is 2.48 bits per heavy atom. The van der Waals surface area contributed by atoms with Crippen LogP contribution < -0.4 is 4.72 Å². The fourth-order valence-corrected chi connectivity index (χ4v) is 2.95. The normalized spacial score (nSPS) is 11.4. The van der Waals surface area contributed by atoms with Crippen molar-refractivity contribution in [2.75, 3.05) is 4.72 Å². The van der Waals surface area contributed by atoms with Crippen molar-refractivity contribution in [1.82, 2.24) is 0 Å². The molecule has 0 aliphatic rings. The lowest BCUT2D eigenvalue weighted by molar-refractivity contribution is 0.282. The van der Waals surface area contributed by atoms with Crippen LogP contribution in [0.1, 0.15) is 11.1 Å². The van der Waals surface area contributed by atoms with Crippen LogP contribution in [0.25, 0.3) is 0 Å². The Kier molecular flexibility index (Phi) is 4.24. The van der Waals surface area contributed by atoms with Crippen LogP contribution in [0.5, 0.6) is 0 Å². The average molecular weight is 313 g/mol. The van der Waals surface area contributed by atoms with Gasteiger partial charge in [0.1, 0.15) is 16.5 Å². The van der Waals surface area contributed by atoms with Crippen LogP contribution >= 0.6 is 0 Å². The first-order chi connectivity index (χ1) is 9.83. The SMILES string of the molecule is Cc1ccc(CO)cc1NS(=O)(=O)c1ccc(F)cc1F. The Bertz CT molecular complexity index is 776. The summed E-state index contributed by atoms with van der Waals surface area (Å²) >= 11 is 0. The molecule has 0 saturated heterocycles. The molecule has 0 saturated carbocycles. The molecule has 21 heavy (non-hydrogen) atoms. The van der Waals surface area contributed by atoms with Crippen molar-refractivity contribution in [3.63, 3.8) is 0 Å². The van der Waals surface area contributed by atoms with E-state index in [1.807, 2.05) is 0 Å². The number of hydrogen-bond acceptors (Lipinski definition) is 3. The number of nitrogens with one attached hydrogen (secondary N) is 1. The quantitative estimate of drug-likeness (QED) is 0.911. The molecular weight excluding hydrogens is 300 g/mol. The number of aliphatic hydroxyl groups is 1. The summed E-state index contributed by atoms with van der Waals surface area (Å²) in [6, 6.07) is 6.96. The minimum Gasteiger partial charge on any atom is -0.392 e. The van der Waals surface area contributed by atoms with E-state index in [0.29, 0.717) is 17.2 Å². The first-order valence-electron chi connectivity index (χ1n) is 6.02. The molecule has 0 spiro atoms. The largest absolute Gasteiger partial charge is 0.392 e. The van der Waals surface area contributed by atoms with Gasteiger partial charge in [-0.05, 0) is 36.2 Å². The molecule has 0 fully saturated rings. The van der Waals surface area contributed by atoms with Gasteiger partial charge in [-0.25, -0.2) is 17.2 Å². The molecule has 112 valence electrons. The second-order valence-electron chi connectivity index (χ2n) is 4.49. The number of anilines is 1. The predicted molar refractivity (Wildman–Crippen MR) is 74.3 cm³/mol. The van der Waals surface area contributed by atoms with Crippen LogP contribution in [0, 0.1) is 18.6 Å². The minimum atomic E-state index is -4.18. The van der Waals surface area contributed by atoms with Gasteiger partial charge in [0.2, 0.25) is 0 Å². The van der Waals surface area contributed by atoms with Crippen LogP contribution in [0.15, 0.2) is 41.3 Å². The topological polar surface area (TPSA) is 66.4 Å². The van der Waals surface area contributed by atoms with Crippen molar-refractivity contribution in [2.45, 2.75) is 18.4 Å². The summed E-state index contributed by atoms with van der Waals surface area (Å²) in [5.74, 6) is -2.02. The number of aryl methyl sites for hydroxylation is 1. The van der Waals surface area contributed by atoms with E-state index in [0.717, 1.165) is 12.1 Å². The zero-order valence-corrected chi connectivity index (χ0v) is 11.9. The van der Waals surface area contributed by atoms with Crippen molar-refractivity contribution in [3.8, 4) is 0 Å². The first kappa shape index (κ1) is 15.4. The number of benzene rings is 2. The van der Waals surface area contributed by atoms with E-state index in [2.05, 4.69) is 4.72 Å². The molecule has 0 atom stereocenters. The Balaban J connectivity index is 2.42. The maximum Gasteiger partial charge on any atom is 0.264 e. The van der Waals surface area contributed by atoms with Gasteiger partial charge < -0.3 is 5.11 Å². The lowest BCUT2D eigenvalue weighted by atomic mass is 10.1. The summed E-state index contributed by atoms with van der Waals surface area (Å²) in [7, 11) is -4.18. The number of aliphatic hydroxyl groups excluding tert-OH is 1. The van der Waals surface area contributed by atoms with Crippen LogP contribution in [-0.2, 0) is 16.6 Å². The van der Waals surface area contributed by atoms with E-state index in [4.69, 9.17) is 5.11 Å². The maximum atomic E-state index is 13.6. The van der Waals surface area contributed by atoms with Gasteiger partial charge in [-0.15, -0.1) is 0 Å². The van der Waals surface area contributed by atoms with Gasteiger partial charge in [0.15, 0.2) is 0 Å². The van der Waals surface area contributed by atoms with Gasteiger partial charge in [-0.3, -0.25) is 4.72 Å². The Morgan fingerprint density at radius 1 is 1.14 bits per heavy atom. The highest BCUT2D eigenvalue weighted by atomic mass is 32.2. The van der Waals surface area contributed by atoms with E-state index in [-0.39, 0.29) is 12.3 Å². The zero-order chi connectivity index (χ0) is 15.6. The standard InChI is InChI=1S/C14H13F2NO3S/c1-9-2-3-10(8-18)6-13(9)17-21(19,20)14-5-4-11(15)7-12(14)16/h2-7,17-18H,8H2,1H3. The highest BCUT2D eigenvalue weighted by molar-refractivity contribution is 7.92. The second kappa shape index (κ2) is 5.79. The highest BCUT2D eigenvalue weighted by Crippen LogP contribution is 2.23. The molecule has 2 rings (SSSR count). The molecule has 2 aromatic carbocycles. The second-order valence-corrected chi connectivity index (χ2v) is 6.14. The molecule has 0 aliphatic heterocycles. The van der Waals surface area contributed by atoms with Crippen LogP contribution in [-0.4, -0.2) is 13.5 Å². The highest BCUT2D eigenvalue weighted by Gasteiger charge is 2.20. The molecule has 0 aromatic heterocycles. The summed E-state index contributed by atoms with van der Waals surface area (Å²) in [5.41, 5.74) is 1.35. The predicted octanol–water partition coefficient (Wildman–Crippen LogP) is 2.57. The van der Waals surface area contributed by atoms with Crippen molar-refractivity contribution < 1.29 is 22.3 Å². The first-order valence-corrected chi connectivity index (χ1v) is 7.50. The molecule has 2 N–H and O–H groups in total. The summed E-state index contributed by atoms with van der Waals surface area (Å²) in [6.45, 7) is 1.42. The molecule has 0 bridgehead atoms. The summed E-state index contributed by atoms with van der Waals surface area (Å²) in [5, 5.41) is 9.06. The summed E-state index contributed by atoms with van der Waals surface area (Å²) < 4.78 is 53.0. The third-order valence-corrected chi connectivity index (χ3v) is 4.31. The van der Waals surface area contributed by atoms with Gasteiger partial charge in [-0.2, -0.15) is 0 Å². The van der Waals surface area contributed by atoms with Gasteiger partial charge in [-0.1, -0.05) is 12.1 Å². The van der Waals surface area contributed by atoms with Crippen LogP contribution in [0.3, 0.4) is 0 Å². The summed E-state index contributed by atoms with van der Waals surface area (Å²) in [4.78, 5) is -0.641. The van der Waals surface area contributed by atoms with Gasteiger partial charge >= 0.3 is 0 Å². The van der Waals surface area contributed by atoms with Gasteiger partial charge in [0, 0.05) is 6.07 Å². The zero-order valence-electron chi connectivity index (χ0n) is 11.1. The van der Waals surface area contributed by atoms with E-state index >= 15 is 0 Å². The molecule has 0 aliphatic carbocycles. The Labute approximate surface area is 121 Å². The molecule has 7 heteroatoms. The average Bonchev–Trinajstić information content (AvgIpc) is 2.40. The molecule has 0 radical (unpaired) electrons. The van der Waals surface area contributed by atoms with Crippen molar-refractivity contribution >= 4 is 15.7 Å². The summed E-state index contributed by atoms with van der Waals surface area (Å²) in [6.07, 6.45) is 0.